The molecule has 1 aliphatic heterocycles. The van der Waals surface area contributed by atoms with Gasteiger partial charge in [0.15, 0.2) is 0 Å². The summed E-state index contributed by atoms with van der Waals surface area (Å²) in [6, 6.07) is 8.14. The SMILES string of the molecule is CCOC(=O)CN[C@H](C(=O)N1CC[C@@H]1C(=O)NCc1ccc(C#N)cc1)C1CCCCC1. The monoisotopic (exact) mass is 440 g/mol. The first-order valence-electron chi connectivity index (χ1n) is 11.5. The molecule has 2 aliphatic rings. The van der Waals surface area contributed by atoms with Crippen LogP contribution in [0.5, 0.6) is 0 Å². The highest BCUT2D eigenvalue weighted by Gasteiger charge is 2.42. The van der Waals surface area contributed by atoms with Crippen LogP contribution in [-0.2, 0) is 25.7 Å². The second-order valence-corrected chi connectivity index (χ2v) is 8.42. The number of nitriles is 1. The number of ether oxygens (including phenoxy) is 1. The Kier molecular flexibility index (Phi) is 8.63. The molecule has 172 valence electrons. The molecule has 1 aromatic carbocycles. The van der Waals surface area contributed by atoms with Crippen molar-refractivity contribution in [3.8, 4) is 6.07 Å². The van der Waals surface area contributed by atoms with E-state index in [9.17, 15) is 14.4 Å². The van der Waals surface area contributed by atoms with Gasteiger partial charge in [-0.3, -0.25) is 19.7 Å². The van der Waals surface area contributed by atoms with Crippen molar-refractivity contribution < 1.29 is 19.1 Å². The van der Waals surface area contributed by atoms with Crippen molar-refractivity contribution in [2.24, 2.45) is 5.92 Å². The summed E-state index contributed by atoms with van der Waals surface area (Å²) >= 11 is 0. The summed E-state index contributed by atoms with van der Waals surface area (Å²) in [4.78, 5) is 39.6. The third-order valence-corrected chi connectivity index (χ3v) is 6.31. The van der Waals surface area contributed by atoms with E-state index in [0.29, 0.717) is 31.7 Å². The Morgan fingerprint density at radius 2 is 1.88 bits per heavy atom. The summed E-state index contributed by atoms with van der Waals surface area (Å²) in [5.74, 6) is -0.497. The van der Waals surface area contributed by atoms with Crippen LogP contribution < -0.4 is 10.6 Å². The van der Waals surface area contributed by atoms with Gasteiger partial charge in [-0.05, 0) is 49.8 Å². The number of likely N-dealkylation sites (tertiary alicyclic amines) is 1. The molecule has 1 aliphatic carbocycles. The number of nitrogens with zero attached hydrogens (tertiary/aromatic N) is 2. The van der Waals surface area contributed by atoms with E-state index in [0.717, 1.165) is 31.2 Å². The summed E-state index contributed by atoms with van der Waals surface area (Å²) in [5.41, 5.74) is 1.46. The minimum Gasteiger partial charge on any atom is -0.465 e. The Labute approximate surface area is 189 Å². The first kappa shape index (κ1) is 23.7. The number of rotatable bonds is 9. The number of carbonyl (C=O) groups excluding carboxylic acids is 3. The summed E-state index contributed by atoms with van der Waals surface area (Å²) < 4.78 is 5.00. The zero-order chi connectivity index (χ0) is 22.9. The Balaban J connectivity index is 1.58. The van der Waals surface area contributed by atoms with E-state index < -0.39 is 12.1 Å². The molecule has 2 N–H and O–H groups in total. The van der Waals surface area contributed by atoms with Gasteiger partial charge in [0.2, 0.25) is 11.8 Å². The molecular weight excluding hydrogens is 408 g/mol. The lowest BCUT2D eigenvalue weighted by Gasteiger charge is -2.43. The van der Waals surface area contributed by atoms with Crippen molar-refractivity contribution >= 4 is 17.8 Å². The number of hydrogen-bond acceptors (Lipinski definition) is 6. The number of nitrogens with one attached hydrogen (secondary N) is 2. The van der Waals surface area contributed by atoms with Gasteiger partial charge in [-0.25, -0.2) is 0 Å². The molecule has 2 atom stereocenters. The first-order chi connectivity index (χ1) is 15.5. The fraction of sp³-hybridized carbons (Fsp3) is 0.583. The number of benzene rings is 1. The fourth-order valence-corrected chi connectivity index (χ4v) is 4.43. The Morgan fingerprint density at radius 3 is 2.47 bits per heavy atom. The predicted molar refractivity (Wildman–Crippen MR) is 118 cm³/mol. The van der Waals surface area contributed by atoms with E-state index in [2.05, 4.69) is 16.7 Å². The molecule has 0 radical (unpaired) electrons. The molecule has 8 heteroatoms. The zero-order valence-corrected chi connectivity index (χ0v) is 18.6. The van der Waals surface area contributed by atoms with E-state index in [4.69, 9.17) is 10.00 Å². The summed E-state index contributed by atoms with van der Waals surface area (Å²) in [7, 11) is 0. The maximum Gasteiger partial charge on any atom is 0.319 e. The van der Waals surface area contributed by atoms with Crippen molar-refractivity contribution in [3.63, 3.8) is 0 Å². The number of carbonyl (C=O) groups is 3. The van der Waals surface area contributed by atoms with Gasteiger partial charge in [-0.1, -0.05) is 31.4 Å². The molecular formula is C24H32N4O4. The van der Waals surface area contributed by atoms with Crippen molar-refractivity contribution in [3.05, 3.63) is 35.4 Å². The lowest BCUT2D eigenvalue weighted by Crippen LogP contribution is -2.63. The number of esters is 1. The average Bonchev–Trinajstić information content (AvgIpc) is 2.78. The van der Waals surface area contributed by atoms with Crippen molar-refractivity contribution in [2.45, 2.75) is 64.1 Å². The van der Waals surface area contributed by atoms with Gasteiger partial charge in [0, 0.05) is 13.1 Å². The zero-order valence-electron chi connectivity index (χ0n) is 18.6. The van der Waals surface area contributed by atoms with Gasteiger partial charge in [-0.15, -0.1) is 0 Å². The fourth-order valence-electron chi connectivity index (χ4n) is 4.43. The molecule has 0 aromatic heterocycles. The largest absolute Gasteiger partial charge is 0.465 e. The third kappa shape index (κ3) is 6.07. The minimum absolute atomic E-state index is 0.00978. The van der Waals surface area contributed by atoms with Crippen molar-refractivity contribution in [2.75, 3.05) is 19.7 Å². The molecule has 1 saturated heterocycles. The molecule has 0 spiro atoms. The van der Waals surface area contributed by atoms with Gasteiger partial charge < -0.3 is 15.0 Å². The van der Waals surface area contributed by atoms with Crippen LogP contribution in [0.25, 0.3) is 0 Å². The van der Waals surface area contributed by atoms with Crippen molar-refractivity contribution in [1.29, 1.82) is 5.26 Å². The highest BCUT2D eigenvalue weighted by atomic mass is 16.5. The number of amides is 2. The lowest BCUT2D eigenvalue weighted by molar-refractivity contribution is -0.151. The lowest BCUT2D eigenvalue weighted by atomic mass is 9.82. The molecule has 2 amide bonds. The van der Waals surface area contributed by atoms with E-state index >= 15 is 0 Å². The molecule has 1 heterocycles. The second-order valence-electron chi connectivity index (χ2n) is 8.42. The molecule has 2 fully saturated rings. The van der Waals surface area contributed by atoms with Crippen LogP contribution in [0.2, 0.25) is 0 Å². The predicted octanol–water partition coefficient (Wildman–Crippen LogP) is 1.88. The minimum atomic E-state index is -0.489. The van der Waals surface area contributed by atoms with Crippen LogP contribution in [0.4, 0.5) is 0 Å². The van der Waals surface area contributed by atoms with E-state index in [1.807, 2.05) is 0 Å². The first-order valence-corrected chi connectivity index (χ1v) is 11.5. The molecule has 1 saturated carbocycles. The van der Waals surface area contributed by atoms with E-state index in [1.165, 1.54) is 6.42 Å². The second kappa shape index (κ2) is 11.6. The van der Waals surface area contributed by atoms with Crippen LogP contribution in [0.1, 0.15) is 56.6 Å². The quantitative estimate of drug-likeness (QED) is 0.567. The molecule has 0 unspecified atom stereocenters. The molecule has 3 rings (SSSR count). The van der Waals surface area contributed by atoms with Gasteiger partial charge in [0.1, 0.15) is 6.04 Å². The highest BCUT2D eigenvalue weighted by Crippen LogP contribution is 2.29. The average molecular weight is 441 g/mol. The maximum absolute atomic E-state index is 13.4. The molecule has 1 aromatic rings. The molecule has 0 bridgehead atoms. The van der Waals surface area contributed by atoms with Crippen LogP contribution in [0, 0.1) is 17.2 Å². The Hall–Kier alpha value is -2.92. The Morgan fingerprint density at radius 1 is 1.16 bits per heavy atom. The summed E-state index contributed by atoms with van der Waals surface area (Å²) in [5, 5.41) is 14.9. The maximum atomic E-state index is 13.4. The van der Waals surface area contributed by atoms with Crippen molar-refractivity contribution in [1.82, 2.24) is 15.5 Å². The van der Waals surface area contributed by atoms with Gasteiger partial charge >= 0.3 is 5.97 Å². The number of hydrogen-bond donors (Lipinski definition) is 2. The van der Waals surface area contributed by atoms with Crippen LogP contribution >= 0.6 is 0 Å². The normalized spacial score (nSPS) is 19.4. The summed E-state index contributed by atoms with van der Waals surface area (Å²) in [6.07, 6.45) is 5.82. The summed E-state index contributed by atoms with van der Waals surface area (Å²) in [6.45, 7) is 2.93. The molecule has 32 heavy (non-hydrogen) atoms. The van der Waals surface area contributed by atoms with E-state index in [-0.39, 0.29) is 30.2 Å². The van der Waals surface area contributed by atoms with Gasteiger partial charge in [0.05, 0.1) is 30.8 Å². The topological polar surface area (TPSA) is 112 Å². The van der Waals surface area contributed by atoms with Crippen LogP contribution in [0.15, 0.2) is 24.3 Å². The molecule has 8 nitrogen and oxygen atoms in total. The van der Waals surface area contributed by atoms with Gasteiger partial charge in [-0.2, -0.15) is 5.26 Å². The van der Waals surface area contributed by atoms with Crippen LogP contribution in [-0.4, -0.2) is 54.5 Å². The van der Waals surface area contributed by atoms with Crippen LogP contribution in [0.3, 0.4) is 0 Å². The standard InChI is InChI=1S/C24H32N4O4/c1-2-32-21(29)16-26-22(19-6-4-3-5-7-19)24(31)28-13-12-20(28)23(30)27-15-18-10-8-17(14-25)9-11-18/h8-11,19-20,22,26H,2-7,12-13,15-16H2,1H3,(H,27,30)/t20-,22+/m1/s1. The van der Waals surface area contributed by atoms with Gasteiger partial charge in [0.25, 0.3) is 0 Å². The smallest absolute Gasteiger partial charge is 0.319 e. The highest BCUT2D eigenvalue weighted by molar-refractivity contribution is 5.91. The van der Waals surface area contributed by atoms with E-state index in [1.54, 1.807) is 36.1 Å². The third-order valence-electron chi connectivity index (χ3n) is 6.31. The Bertz CT molecular complexity index is 843.